The van der Waals surface area contributed by atoms with Crippen molar-refractivity contribution in [2.24, 2.45) is 5.41 Å². The number of aliphatic hydroxyl groups excluding tert-OH is 2. The zero-order valence-electron chi connectivity index (χ0n) is 12.4. The van der Waals surface area contributed by atoms with E-state index in [0.29, 0.717) is 0 Å². The van der Waals surface area contributed by atoms with Crippen LogP contribution in [0.25, 0.3) is 0 Å². The lowest BCUT2D eigenvalue weighted by atomic mass is 9.87. The molecule has 0 saturated carbocycles. The van der Waals surface area contributed by atoms with Gasteiger partial charge in [-0.3, -0.25) is 4.79 Å². The highest BCUT2D eigenvalue weighted by molar-refractivity contribution is 7.91. The zero-order chi connectivity index (χ0) is 17.0. The summed E-state index contributed by atoms with van der Waals surface area (Å²) in [4.78, 5) is 11.7. The summed E-state index contributed by atoms with van der Waals surface area (Å²) in [6.07, 6.45) is -1.45. The monoisotopic (exact) mass is 333 g/mol. The molecule has 3 N–H and O–H groups in total. The minimum Gasteiger partial charge on any atom is -0.396 e. The molecule has 1 unspecified atom stereocenters. The number of benzene rings is 1. The van der Waals surface area contributed by atoms with Crippen LogP contribution in [0.3, 0.4) is 0 Å². The molecule has 1 aromatic rings. The van der Waals surface area contributed by atoms with Crippen LogP contribution >= 0.6 is 0 Å². The topological polar surface area (TPSA) is 104 Å². The molecule has 0 radical (unpaired) electrons. The summed E-state index contributed by atoms with van der Waals surface area (Å²) in [6.45, 7) is 2.42. The summed E-state index contributed by atoms with van der Waals surface area (Å²) in [6, 6.07) is 4.38. The second kappa shape index (κ2) is 7.17. The summed E-state index contributed by atoms with van der Waals surface area (Å²) in [7, 11) is -3.65. The lowest BCUT2D eigenvalue weighted by Crippen LogP contribution is -2.46. The lowest BCUT2D eigenvalue weighted by Gasteiger charge is -2.27. The first-order valence-corrected chi connectivity index (χ1v) is 8.30. The third-order valence-corrected chi connectivity index (χ3v) is 4.97. The normalized spacial score (nSPS) is 13.7. The molecule has 22 heavy (non-hydrogen) atoms. The molecule has 6 nitrogen and oxygen atoms in total. The van der Waals surface area contributed by atoms with Gasteiger partial charge in [-0.05, 0) is 24.3 Å². The molecular formula is C14H20FNO5S. The molecule has 0 aliphatic heterocycles. The third kappa shape index (κ3) is 4.75. The van der Waals surface area contributed by atoms with Crippen LogP contribution < -0.4 is 5.32 Å². The summed E-state index contributed by atoms with van der Waals surface area (Å²) < 4.78 is 36.7. The Balaban J connectivity index is 2.60. The largest absolute Gasteiger partial charge is 0.396 e. The first kappa shape index (κ1) is 18.5. The van der Waals surface area contributed by atoms with Gasteiger partial charge in [-0.1, -0.05) is 13.8 Å². The second-order valence-electron chi connectivity index (χ2n) is 5.61. The minimum absolute atomic E-state index is 0.0422. The van der Waals surface area contributed by atoms with E-state index >= 15 is 0 Å². The predicted molar refractivity (Wildman–Crippen MR) is 78.3 cm³/mol. The molecule has 1 atom stereocenters. The van der Waals surface area contributed by atoms with Crippen molar-refractivity contribution in [1.29, 1.82) is 0 Å². The van der Waals surface area contributed by atoms with Crippen LogP contribution in [0.4, 0.5) is 4.39 Å². The van der Waals surface area contributed by atoms with Gasteiger partial charge in [0.2, 0.25) is 5.91 Å². The minimum atomic E-state index is -3.65. The number of rotatable bonds is 7. The Hall–Kier alpha value is -1.51. The van der Waals surface area contributed by atoms with Crippen molar-refractivity contribution in [2.45, 2.75) is 24.8 Å². The number of amides is 1. The Morgan fingerprint density at radius 2 is 1.86 bits per heavy atom. The van der Waals surface area contributed by atoms with Gasteiger partial charge in [0.05, 0.1) is 17.3 Å². The van der Waals surface area contributed by atoms with Crippen LogP contribution in [0.15, 0.2) is 29.2 Å². The van der Waals surface area contributed by atoms with Crippen LogP contribution in [0.2, 0.25) is 0 Å². The van der Waals surface area contributed by atoms with Gasteiger partial charge in [0.25, 0.3) is 0 Å². The quantitative estimate of drug-likeness (QED) is 0.614. The van der Waals surface area contributed by atoms with E-state index < -0.39 is 39.7 Å². The molecule has 0 spiro atoms. The first-order valence-electron chi connectivity index (χ1n) is 6.65. The van der Waals surface area contributed by atoms with Crippen LogP contribution in [0.5, 0.6) is 0 Å². The van der Waals surface area contributed by atoms with Crippen molar-refractivity contribution < 1.29 is 27.8 Å². The summed E-state index contributed by atoms with van der Waals surface area (Å²) in [5, 5.41) is 21.1. The number of sulfone groups is 1. The smallest absolute Gasteiger partial charge is 0.249 e. The van der Waals surface area contributed by atoms with Gasteiger partial charge in [-0.2, -0.15) is 0 Å². The van der Waals surface area contributed by atoms with E-state index in [1.165, 1.54) is 13.8 Å². The van der Waals surface area contributed by atoms with Gasteiger partial charge in [0, 0.05) is 12.0 Å². The van der Waals surface area contributed by atoms with E-state index in [9.17, 15) is 22.7 Å². The Morgan fingerprint density at radius 1 is 1.32 bits per heavy atom. The Morgan fingerprint density at radius 3 is 2.36 bits per heavy atom. The van der Waals surface area contributed by atoms with E-state index in [4.69, 9.17) is 5.11 Å². The van der Waals surface area contributed by atoms with Crippen LogP contribution in [0, 0.1) is 11.2 Å². The van der Waals surface area contributed by atoms with Crippen molar-refractivity contribution in [2.75, 3.05) is 18.9 Å². The van der Waals surface area contributed by atoms with Crippen LogP contribution in [-0.2, 0) is 14.6 Å². The maximum Gasteiger partial charge on any atom is 0.249 e. The van der Waals surface area contributed by atoms with E-state index in [1.54, 1.807) is 0 Å². The fourth-order valence-electron chi connectivity index (χ4n) is 1.61. The van der Waals surface area contributed by atoms with Gasteiger partial charge in [0.1, 0.15) is 11.9 Å². The van der Waals surface area contributed by atoms with E-state index in [2.05, 4.69) is 5.32 Å². The van der Waals surface area contributed by atoms with Gasteiger partial charge >= 0.3 is 0 Å². The van der Waals surface area contributed by atoms with Crippen molar-refractivity contribution in [1.82, 2.24) is 5.32 Å². The van der Waals surface area contributed by atoms with Crippen LogP contribution in [0.1, 0.15) is 13.8 Å². The number of aliphatic hydroxyl groups is 2. The predicted octanol–water partition coefficient (Wildman–Crippen LogP) is 0.0950. The highest BCUT2D eigenvalue weighted by atomic mass is 32.2. The molecule has 1 amide bonds. The molecule has 0 aliphatic carbocycles. The van der Waals surface area contributed by atoms with Crippen molar-refractivity contribution in [3.63, 3.8) is 0 Å². The fraction of sp³-hybridized carbons (Fsp3) is 0.500. The SMILES string of the molecule is CC(C)(CO)C(O)C(=O)NCCS(=O)(=O)c1ccc(F)cc1. The average Bonchev–Trinajstić information content (AvgIpc) is 2.46. The number of hydrogen-bond acceptors (Lipinski definition) is 5. The summed E-state index contributed by atoms with van der Waals surface area (Å²) >= 11 is 0. The Labute approximate surface area is 128 Å². The molecule has 0 aliphatic rings. The first-order chi connectivity index (χ1) is 10.1. The number of halogens is 1. The highest BCUT2D eigenvalue weighted by Gasteiger charge is 2.32. The highest BCUT2D eigenvalue weighted by Crippen LogP contribution is 2.19. The molecule has 8 heteroatoms. The fourth-order valence-corrected chi connectivity index (χ4v) is 2.76. The molecule has 1 aromatic carbocycles. The summed E-state index contributed by atoms with van der Waals surface area (Å²) in [5.74, 6) is -1.67. The molecule has 0 fully saturated rings. The van der Waals surface area contributed by atoms with Crippen molar-refractivity contribution in [3.05, 3.63) is 30.1 Å². The Bertz CT molecular complexity index is 613. The number of hydrogen-bond donors (Lipinski definition) is 3. The second-order valence-corrected chi connectivity index (χ2v) is 7.72. The zero-order valence-corrected chi connectivity index (χ0v) is 13.2. The summed E-state index contributed by atoms with van der Waals surface area (Å²) in [5.41, 5.74) is -1.03. The Kier molecular flexibility index (Phi) is 6.04. The van der Waals surface area contributed by atoms with Gasteiger partial charge in [-0.15, -0.1) is 0 Å². The standard InChI is InChI=1S/C14H20FNO5S/c1-14(2,9-17)12(18)13(19)16-7-8-22(20,21)11-5-3-10(15)4-6-11/h3-6,12,17-18H,7-9H2,1-2H3,(H,16,19). The van der Waals surface area contributed by atoms with E-state index in [-0.39, 0.29) is 17.2 Å². The molecule has 124 valence electrons. The third-order valence-electron chi connectivity index (χ3n) is 3.24. The van der Waals surface area contributed by atoms with Crippen molar-refractivity contribution >= 4 is 15.7 Å². The van der Waals surface area contributed by atoms with Crippen LogP contribution in [-0.4, -0.2) is 49.5 Å². The number of carbonyl (C=O) groups is 1. The molecule has 0 saturated heterocycles. The van der Waals surface area contributed by atoms with E-state index in [0.717, 1.165) is 24.3 Å². The van der Waals surface area contributed by atoms with Gasteiger partial charge < -0.3 is 15.5 Å². The van der Waals surface area contributed by atoms with Gasteiger partial charge in [0.15, 0.2) is 9.84 Å². The van der Waals surface area contributed by atoms with Gasteiger partial charge in [-0.25, -0.2) is 12.8 Å². The molecular weight excluding hydrogens is 313 g/mol. The number of carbonyl (C=O) groups excluding carboxylic acids is 1. The van der Waals surface area contributed by atoms with Crippen molar-refractivity contribution in [3.8, 4) is 0 Å². The maximum absolute atomic E-state index is 12.8. The lowest BCUT2D eigenvalue weighted by molar-refractivity contribution is -0.136. The average molecular weight is 333 g/mol. The molecule has 0 aromatic heterocycles. The molecule has 0 heterocycles. The van der Waals surface area contributed by atoms with E-state index in [1.807, 2.05) is 0 Å². The maximum atomic E-state index is 12.8. The molecule has 1 rings (SSSR count). The molecule has 0 bridgehead atoms. The number of nitrogens with one attached hydrogen (secondary N) is 1.